The Morgan fingerprint density at radius 2 is 1.96 bits per heavy atom. The summed E-state index contributed by atoms with van der Waals surface area (Å²) in [6.45, 7) is 1.44. The highest BCUT2D eigenvalue weighted by molar-refractivity contribution is 9.10. The van der Waals surface area contributed by atoms with Crippen molar-refractivity contribution >= 4 is 39.5 Å². The van der Waals surface area contributed by atoms with Gasteiger partial charge in [0.2, 0.25) is 0 Å². The Balaban J connectivity index is 1.93. The summed E-state index contributed by atoms with van der Waals surface area (Å²) in [6.07, 6.45) is 0. The molecule has 1 aliphatic rings. The van der Waals surface area contributed by atoms with Crippen LogP contribution in [0.2, 0.25) is 5.02 Å². The van der Waals surface area contributed by atoms with Gasteiger partial charge in [-0.2, -0.15) is 0 Å². The minimum Gasteiger partial charge on any atom is -0.319 e. The second-order valence-corrected chi connectivity index (χ2v) is 6.98. The van der Waals surface area contributed by atoms with Crippen molar-refractivity contribution < 1.29 is 14.0 Å². The molecule has 4 nitrogen and oxygen atoms in total. The Kier molecular flexibility index (Phi) is 4.36. The van der Waals surface area contributed by atoms with Crippen LogP contribution in [0.1, 0.15) is 18.1 Å². The van der Waals surface area contributed by atoms with Crippen molar-refractivity contribution in [2.45, 2.75) is 19.0 Å². The van der Waals surface area contributed by atoms with Crippen LogP contribution in [0.25, 0.3) is 0 Å². The Hall–Kier alpha value is -1.92. The number of rotatable bonds is 3. The van der Waals surface area contributed by atoms with Gasteiger partial charge in [0.1, 0.15) is 11.4 Å². The van der Waals surface area contributed by atoms with E-state index >= 15 is 0 Å². The Labute approximate surface area is 151 Å². The molecule has 0 radical (unpaired) electrons. The summed E-state index contributed by atoms with van der Waals surface area (Å²) in [4.78, 5) is 26.1. The van der Waals surface area contributed by atoms with Crippen molar-refractivity contribution in [3.63, 3.8) is 0 Å². The SMILES string of the molecule is C[C@@]1(c2ccccc2Cl)NC(=O)N(Cc2ccc(Br)cc2F)C1=O. The molecule has 1 fully saturated rings. The van der Waals surface area contributed by atoms with Gasteiger partial charge in [0, 0.05) is 20.6 Å². The van der Waals surface area contributed by atoms with E-state index in [0.717, 1.165) is 4.90 Å². The number of amides is 3. The summed E-state index contributed by atoms with van der Waals surface area (Å²) in [5, 5.41) is 3.04. The first-order valence-electron chi connectivity index (χ1n) is 7.16. The molecule has 2 aromatic rings. The van der Waals surface area contributed by atoms with E-state index in [1.54, 1.807) is 37.3 Å². The minimum atomic E-state index is -1.28. The van der Waals surface area contributed by atoms with Crippen LogP contribution in [0.4, 0.5) is 9.18 Å². The zero-order valence-corrected chi connectivity index (χ0v) is 15.0. The number of carbonyl (C=O) groups excluding carboxylic acids is 2. The maximum Gasteiger partial charge on any atom is 0.325 e. The highest BCUT2D eigenvalue weighted by Gasteiger charge is 2.49. The van der Waals surface area contributed by atoms with E-state index in [-0.39, 0.29) is 12.1 Å². The molecular formula is C17H13BrClFN2O2. The highest BCUT2D eigenvalue weighted by Crippen LogP contribution is 2.34. The quantitative estimate of drug-likeness (QED) is 0.769. The van der Waals surface area contributed by atoms with Gasteiger partial charge in [-0.1, -0.05) is 51.8 Å². The van der Waals surface area contributed by atoms with E-state index in [1.807, 2.05) is 0 Å². The molecule has 24 heavy (non-hydrogen) atoms. The first kappa shape index (κ1) is 16.9. The summed E-state index contributed by atoms with van der Waals surface area (Å²) in [7, 11) is 0. The van der Waals surface area contributed by atoms with Crippen LogP contribution in [0.3, 0.4) is 0 Å². The summed E-state index contributed by atoms with van der Waals surface area (Å²) < 4.78 is 14.6. The Morgan fingerprint density at radius 3 is 2.62 bits per heavy atom. The summed E-state index contributed by atoms with van der Waals surface area (Å²) in [6, 6.07) is 10.7. The molecule has 0 spiro atoms. The van der Waals surface area contributed by atoms with Crippen LogP contribution in [0.15, 0.2) is 46.9 Å². The fourth-order valence-corrected chi connectivity index (χ4v) is 3.37. The van der Waals surface area contributed by atoms with Crippen LogP contribution in [-0.2, 0) is 16.9 Å². The maximum absolute atomic E-state index is 14.0. The molecule has 0 unspecified atom stereocenters. The van der Waals surface area contributed by atoms with Crippen molar-refractivity contribution in [2.24, 2.45) is 0 Å². The van der Waals surface area contributed by atoms with Crippen molar-refractivity contribution in [1.29, 1.82) is 0 Å². The van der Waals surface area contributed by atoms with Gasteiger partial charge in [-0.3, -0.25) is 9.69 Å². The molecule has 1 N–H and O–H groups in total. The van der Waals surface area contributed by atoms with Gasteiger partial charge >= 0.3 is 6.03 Å². The Morgan fingerprint density at radius 1 is 1.25 bits per heavy atom. The molecule has 1 aliphatic heterocycles. The van der Waals surface area contributed by atoms with Crippen LogP contribution in [0.5, 0.6) is 0 Å². The molecule has 0 aliphatic carbocycles. The number of nitrogens with zero attached hydrogens (tertiary/aromatic N) is 1. The highest BCUT2D eigenvalue weighted by atomic mass is 79.9. The van der Waals surface area contributed by atoms with E-state index in [0.29, 0.717) is 15.1 Å². The van der Waals surface area contributed by atoms with Crippen LogP contribution in [-0.4, -0.2) is 16.8 Å². The number of benzene rings is 2. The molecule has 7 heteroatoms. The van der Waals surface area contributed by atoms with Crippen molar-refractivity contribution in [3.8, 4) is 0 Å². The number of nitrogens with one attached hydrogen (secondary N) is 1. The number of carbonyl (C=O) groups is 2. The number of halogens is 3. The van der Waals surface area contributed by atoms with Crippen LogP contribution < -0.4 is 5.32 Å². The average Bonchev–Trinajstić information content (AvgIpc) is 2.74. The van der Waals surface area contributed by atoms with Gasteiger partial charge < -0.3 is 5.32 Å². The van der Waals surface area contributed by atoms with E-state index in [4.69, 9.17) is 11.6 Å². The standard InChI is InChI=1S/C17H13BrClFN2O2/c1-17(12-4-2-3-5-13(12)19)15(23)22(16(24)21-17)9-10-6-7-11(18)8-14(10)20/h2-8H,9H2,1H3,(H,21,24)/t17-/m0/s1. The van der Waals surface area contributed by atoms with Crippen LogP contribution >= 0.6 is 27.5 Å². The fraction of sp³-hybridized carbons (Fsp3) is 0.176. The van der Waals surface area contributed by atoms with Gasteiger partial charge in [-0.25, -0.2) is 9.18 Å². The molecule has 0 bridgehead atoms. The van der Waals surface area contributed by atoms with Gasteiger partial charge in [0.15, 0.2) is 0 Å². The molecule has 3 rings (SSSR count). The van der Waals surface area contributed by atoms with Gasteiger partial charge in [0.05, 0.1) is 6.54 Å². The van der Waals surface area contributed by atoms with Gasteiger partial charge in [-0.15, -0.1) is 0 Å². The average molecular weight is 412 g/mol. The first-order chi connectivity index (χ1) is 11.3. The van der Waals surface area contributed by atoms with E-state index < -0.39 is 23.3 Å². The molecule has 3 amide bonds. The van der Waals surface area contributed by atoms with Crippen molar-refractivity contribution in [1.82, 2.24) is 10.2 Å². The molecule has 0 aromatic heterocycles. The third-order valence-corrected chi connectivity index (χ3v) is 4.85. The lowest BCUT2D eigenvalue weighted by atomic mass is 9.92. The number of urea groups is 1. The van der Waals surface area contributed by atoms with E-state index in [2.05, 4.69) is 21.2 Å². The molecule has 1 atom stereocenters. The smallest absolute Gasteiger partial charge is 0.319 e. The lowest BCUT2D eigenvalue weighted by molar-refractivity contribution is -0.131. The second-order valence-electron chi connectivity index (χ2n) is 5.66. The van der Waals surface area contributed by atoms with Gasteiger partial charge in [0.25, 0.3) is 5.91 Å². The first-order valence-corrected chi connectivity index (χ1v) is 8.33. The van der Waals surface area contributed by atoms with Crippen molar-refractivity contribution in [3.05, 3.63) is 68.9 Å². The molecule has 2 aromatic carbocycles. The third kappa shape index (κ3) is 2.80. The van der Waals surface area contributed by atoms with Crippen LogP contribution in [0, 0.1) is 5.82 Å². The topological polar surface area (TPSA) is 49.4 Å². The van der Waals surface area contributed by atoms with Gasteiger partial charge in [-0.05, 0) is 25.1 Å². The van der Waals surface area contributed by atoms with E-state index in [1.165, 1.54) is 12.1 Å². The van der Waals surface area contributed by atoms with E-state index in [9.17, 15) is 14.0 Å². The fourth-order valence-electron chi connectivity index (χ4n) is 2.71. The normalized spacial score (nSPS) is 20.4. The lowest BCUT2D eigenvalue weighted by Gasteiger charge is -2.23. The second kappa shape index (κ2) is 6.18. The molecule has 0 saturated carbocycles. The summed E-state index contributed by atoms with van der Waals surface area (Å²) in [5.74, 6) is -0.959. The summed E-state index contributed by atoms with van der Waals surface area (Å²) >= 11 is 9.35. The zero-order valence-electron chi connectivity index (χ0n) is 12.6. The molecule has 124 valence electrons. The lowest BCUT2D eigenvalue weighted by Crippen LogP contribution is -2.41. The third-order valence-electron chi connectivity index (χ3n) is 4.03. The Bertz CT molecular complexity index is 845. The van der Waals surface area contributed by atoms with Crippen molar-refractivity contribution in [2.75, 3.05) is 0 Å². The maximum atomic E-state index is 14.0. The summed E-state index contributed by atoms with van der Waals surface area (Å²) in [5.41, 5.74) is -0.518. The molecule has 1 saturated heterocycles. The number of hydrogen-bond donors (Lipinski definition) is 1. The zero-order chi connectivity index (χ0) is 17.5. The molecule has 1 heterocycles. The number of imide groups is 1. The predicted octanol–water partition coefficient (Wildman–Crippen LogP) is 4.21. The largest absolute Gasteiger partial charge is 0.325 e. The molecular weight excluding hydrogens is 399 g/mol. The number of hydrogen-bond acceptors (Lipinski definition) is 2. The minimum absolute atomic E-state index is 0.149. The monoisotopic (exact) mass is 410 g/mol. The predicted molar refractivity (Wildman–Crippen MR) is 92.0 cm³/mol.